The van der Waals surface area contributed by atoms with Gasteiger partial charge in [-0.1, -0.05) is 30.3 Å². The van der Waals surface area contributed by atoms with Gasteiger partial charge in [-0.05, 0) is 18.9 Å². The minimum atomic E-state index is -4.52. The summed E-state index contributed by atoms with van der Waals surface area (Å²) in [4.78, 5) is 13.0. The zero-order valence-corrected chi connectivity index (χ0v) is 12.6. The molecule has 0 saturated heterocycles. The fourth-order valence-corrected chi connectivity index (χ4v) is 1.81. The monoisotopic (exact) mass is 324 g/mol. The van der Waals surface area contributed by atoms with Crippen molar-refractivity contribution in [2.75, 3.05) is 19.6 Å². The van der Waals surface area contributed by atoms with Crippen LogP contribution in [0.15, 0.2) is 30.3 Å². The van der Waals surface area contributed by atoms with Gasteiger partial charge in [-0.15, -0.1) is 12.4 Å². The molecule has 2 N–H and O–H groups in total. The summed E-state index contributed by atoms with van der Waals surface area (Å²) in [5.41, 5.74) is 6.34. The number of carbonyl (C=O) groups excluding carboxylic acids is 1. The normalized spacial score (nSPS) is 12.4. The van der Waals surface area contributed by atoms with Crippen molar-refractivity contribution in [3.05, 3.63) is 35.9 Å². The van der Waals surface area contributed by atoms with Crippen LogP contribution in [-0.4, -0.2) is 36.6 Å². The molecule has 0 aliphatic carbocycles. The first-order chi connectivity index (χ1) is 9.36. The van der Waals surface area contributed by atoms with Crippen LogP contribution in [0.5, 0.6) is 0 Å². The average Bonchev–Trinajstić information content (AvgIpc) is 2.42. The van der Waals surface area contributed by atoms with Crippen LogP contribution in [0.1, 0.15) is 12.5 Å². The Morgan fingerprint density at radius 3 is 2.29 bits per heavy atom. The van der Waals surface area contributed by atoms with Crippen molar-refractivity contribution in [3.63, 3.8) is 0 Å². The number of alkyl halides is 3. The van der Waals surface area contributed by atoms with Gasteiger partial charge in [-0.25, -0.2) is 0 Å². The van der Waals surface area contributed by atoms with Crippen molar-refractivity contribution in [1.29, 1.82) is 0 Å². The second-order valence-electron chi connectivity index (χ2n) is 4.61. The Kier molecular flexibility index (Phi) is 8.36. The quantitative estimate of drug-likeness (QED) is 0.874. The van der Waals surface area contributed by atoms with Gasteiger partial charge in [0.2, 0.25) is 5.91 Å². The van der Waals surface area contributed by atoms with Gasteiger partial charge >= 0.3 is 6.18 Å². The lowest BCUT2D eigenvalue weighted by Crippen LogP contribution is -2.44. The van der Waals surface area contributed by atoms with Crippen LogP contribution in [0.25, 0.3) is 0 Å². The summed E-state index contributed by atoms with van der Waals surface area (Å²) < 4.78 is 37.8. The van der Waals surface area contributed by atoms with Crippen LogP contribution in [-0.2, 0) is 11.2 Å². The summed E-state index contributed by atoms with van der Waals surface area (Å²) in [6.45, 7) is 1.39. The van der Waals surface area contributed by atoms with Crippen LogP contribution >= 0.6 is 12.4 Å². The molecule has 120 valence electrons. The standard InChI is InChI=1S/C14H19F3N2O.ClH/c1-11(14(15,16)17)13(20)19(10-8-18)9-7-12-5-3-2-4-6-12;/h2-6,11H,7-10,18H2,1H3;1H. The minimum absolute atomic E-state index is 0. The molecule has 0 fully saturated rings. The second kappa shape index (κ2) is 8.89. The minimum Gasteiger partial charge on any atom is -0.341 e. The molecule has 0 bridgehead atoms. The third kappa shape index (κ3) is 6.35. The molecule has 1 aromatic rings. The van der Waals surface area contributed by atoms with E-state index in [1.54, 1.807) is 0 Å². The van der Waals surface area contributed by atoms with Gasteiger partial charge in [-0.2, -0.15) is 13.2 Å². The van der Waals surface area contributed by atoms with E-state index >= 15 is 0 Å². The summed E-state index contributed by atoms with van der Waals surface area (Å²) in [6, 6.07) is 9.31. The smallest absolute Gasteiger partial charge is 0.341 e. The van der Waals surface area contributed by atoms with E-state index in [0.717, 1.165) is 12.5 Å². The highest BCUT2D eigenvalue weighted by Crippen LogP contribution is 2.27. The molecule has 0 saturated carbocycles. The highest BCUT2D eigenvalue weighted by molar-refractivity contribution is 5.85. The molecule has 0 radical (unpaired) electrons. The fraction of sp³-hybridized carbons (Fsp3) is 0.500. The number of amides is 1. The topological polar surface area (TPSA) is 46.3 Å². The number of halogens is 4. The SMILES string of the molecule is CC(C(=O)N(CCN)CCc1ccccc1)C(F)(F)F.Cl. The first-order valence-electron chi connectivity index (χ1n) is 6.45. The number of rotatable bonds is 6. The fourth-order valence-electron chi connectivity index (χ4n) is 1.81. The van der Waals surface area contributed by atoms with E-state index < -0.39 is 18.0 Å². The van der Waals surface area contributed by atoms with E-state index in [2.05, 4.69) is 0 Å². The Labute approximate surface area is 128 Å². The highest BCUT2D eigenvalue weighted by Gasteiger charge is 2.42. The Balaban J connectivity index is 0.00000400. The predicted octanol–water partition coefficient (Wildman–Crippen LogP) is 2.64. The molecule has 1 aromatic carbocycles. The lowest BCUT2D eigenvalue weighted by atomic mass is 10.1. The lowest BCUT2D eigenvalue weighted by Gasteiger charge is -2.26. The predicted molar refractivity (Wildman–Crippen MR) is 78.2 cm³/mol. The largest absolute Gasteiger partial charge is 0.400 e. The number of hydrogen-bond donors (Lipinski definition) is 1. The average molecular weight is 325 g/mol. The van der Waals surface area contributed by atoms with Crippen molar-refractivity contribution >= 4 is 18.3 Å². The van der Waals surface area contributed by atoms with Gasteiger partial charge in [-0.3, -0.25) is 4.79 Å². The molecule has 0 heterocycles. The number of hydrogen-bond acceptors (Lipinski definition) is 2. The van der Waals surface area contributed by atoms with E-state index in [0.29, 0.717) is 6.42 Å². The van der Waals surface area contributed by atoms with Crippen molar-refractivity contribution in [1.82, 2.24) is 4.90 Å². The van der Waals surface area contributed by atoms with Gasteiger partial charge < -0.3 is 10.6 Å². The van der Waals surface area contributed by atoms with E-state index in [4.69, 9.17) is 5.73 Å². The maximum atomic E-state index is 12.6. The molecule has 7 heteroatoms. The number of benzene rings is 1. The number of nitrogens with zero attached hydrogens (tertiary/aromatic N) is 1. The molecule has 1 unspecified atom stereocenters. The van der Waals surface area contributed by atoms with Crippen LogP contribution in [0, 0.1) is 5.92 Å². The van der Waals surface area contributed by atoms with E-state index in [-0.39, 0.29) is 32.0 Å². The Morgan fingerprint density at radius 2 is 1.81 bits per heavy atom. The van der Waals surface area contributed by atoms with Gasteiger partial charge in [0, 0.05) is 19.6 Å². The Bertz CT molecular complexity index is 426. The summed E-state index contributed by atoms with van der Waals surface area (Å²) in [6.07, 6.45) is -4.01. The molecule has 0 aliphatic rings. The Morgan fingerprint density at radius 1 is 1.24 bits per heavy atom. The zero-order valence-electron chi connectivity index (χ0n) is 11.8. The van der Waals surface area contributed by atoms with Gasteiger partial charge in [0.1, 0.15) is 5.92 Å². The number of nitrogens with two attached hydrogens (primary N) is 1. The van der Waals surface area contributed by atoms with Crippen LogP contribution in [0.3, 0.4) is 0 Å². The molecule has 0 spiro atoms. The maximum absolute atomic E-state index is 12.6. The summed E-state index contributed by atoms with van der Waals surface area (Å²) in [5.74, 6) is -2.91. The van der Waals surface area contributed by atoms with E-state index in [9.17, 15) is 18.0 Å². The van der Waals surface area contributed by atoms with Crippen LogP contribution in [0.4, 0.5) is 13.2 Å². The first kappa shape index (κ1) is 19.7. The van der Waals surface area contributed by atoms with E-state index in [1.165, 1.54) is 4.90 Å². The zero-order chi connectivity index (χ0) is 15.2. The summed E-state index contributed by atoms with van der Waals surface area (Å²) in [5, 5.41) is 0. The molecule has 0 aliphatic heterocycles. The third-order valence-corrected chi connectivity index (χ3v) is 3.09. The molecule has 1 rings (SSSR count). The molecular weight excluding hydrogens is 305 g/mol. The molecule has 3 nitrogen and oxygen atoms in total. The summed E-state index contributed by atoms with van der Waals surface area (Å²) in [7, 11) is 0. The third-order valence-electron chi connectivity index (χ3n) is 3.09. The van der Waals surface area contributed by atoms with Gasteiger partial charge in [0.15, 0.2) is 0 Å². The van der Waals surface area contributed by atoms with Crippen molar-refractivity contribution in [2.45, 2.75) is 19.5 Å². The molecular formula is C14H20ClF3N2O. The second-order valence-corrected chi connectivity index (χ2v) is 4.61. The number of carbonyl (C=O) groups is 1. The Hall–Kier alpha value is -1.27. The lowest BCUT2D eigenvalue weighted by molar-refractivity contribution is -0.185. The molecule has 1 amide bonds. The van der Waals surface area contributed by atoms with Gasteiger partial charge in [0.05, 0.1) is 0 Å². The van der Waals surface area contributed by atoms with Crippen molar-refractivity contribution < 1.29 is 18.0 Å². The van der Waals surface area contributed by atoms with Crippen LogP contribution in [0.2, 0.25) is 0 Å². The van der Waals surface area contributed by atoms with Crippen LogP contribution < -0.4 is 5.73 Å². The molecule has 0 aromatic heterocycles. The highest BCUT2D eigenvalue weighted by atomic mass is 35.5. The van der Waals surface area contributed by atoms with E-state index in [1.807, 2.05) is 30.3 Å². The van der Waals surface area contributed by atoms with Gasteiger partial charge in [0.25, 0.3) is 0 Å². The first-order valence-corrected chi connectivity index (χ1v) is 6.45. The van der Waals surface area contributed by atoms with Crippen molar-refractivity contribution in [2.24, 2.45) is 11.7 Å². The molecule has 1 atom stereocenters. The summed E-state index contributed by atoms with van der Waals surface area (Å²) >= 11 is 0. The maximum Gasteiger partial charge on any atom is 0.400 e. The molecule has 21 heavy (non-hydrogen) atoms. The van der Waals surface area contributed by atoms with Crippen molar-refractivity contribution in [3.8, 4) is 0 Å².